The van der Waals surface area contributed by atoms with E-state index in [0.717, 1.165) is 66.0 Å². The summed E-state index contributed by atoms with van der Waals surface area (Å²) in [4.78, 5) is 5.86. The lowest BCUT2D eigenvalue weighted by molar-refractivity contribution is -0.415. The maximum absolute atomic E-state index is 9.86. The molecule has 3 rings (SSSR count). The number of morpholine rings is 1. The fraction of sp³-hybridized carbons (Fsp3) is 0.684. The first-order valence-electron chi connectivity index (χ1n) is 9.24. The number of aromatic amines is 1. The van der Waals surface area contributed by atoms with Crippen LogP contribution in [0, 0.1) is 11.3 Å². The number of hydrogen-bond acceptors (Lipinski definition) is 6. The van der Waals surface area contributed by atoms with E-state index < -0.39 is 0 Å². The molecule has 0 aliphatic carbocycles. The predicted molar refractivity (Wildman–Crippen MR) is 101 cm³/mol. The highest BCUT2D eigenvalue weighted by molar-refractivity contribution is 7.99. The topological polar surface area (TPSA) is 68.9 Å². The van der Waals surface area contributed by atoms with Crippen LogP contribution < -0.4 is 9.88 Å². The van der Waals surface area contributed by atoms with Crippen LogP contribution in [0.5, 0.6) is 0 Å². The number of fused-ring (bicyclic) bond motifs is 1. The van der Waals surface area contributed by atoms with Gasteiger partial charge in [-0.05, 0) is 26.3 Å². The van der Waals surface area contributed by atoms with Gasteiger partial charge in [-0.2, -0.15) is 5.26 Å². The van der Waals surface area contributed by atoms with Crippen LogP contribution in [0.4, 0.5) is 5.82 Å². The van der Waals surface area contributed by atoms with Crippen LogP contribution in [-0.2, 0) is 27.2 Å². The minimum absolute atomic E-state index is 0.254. The van der Waals surface area contributed by atoms with Gasteiger partial charge in [-0.1, -0.05) is 11.8 Å². The number of pyridine rings is 1. The molecule has 0 atom stereocenters. The van der Waals surface area contributed by atoms with Crippen molar-refractivity contribution in [1.82, 2.24) is 0 Å². The minimum atomic E-state index is -0.254. The number of thioether (sulfide) groups is 1. The number of rotatable bonds is 6. The van der Waals surface area contributed by atoms with E-state index in [1.54, 1.807) is 11.8 Å². The van der Waals surface area contributed by atoms with E-state index in [1.807, 2.05) is 6.92 Å². The third kappa shape index (κ3) is 4.32. The molecule has 0 saturated carbocycles. The van der Waals surface area contributed by atoms with Gasteiger partial charge in [-0.15, -0.1) is 0 Å². The molecule has 2 aliphatic heterocycles. The molecule has 7 heteroatoms. The minimum Gasteiger partial charge on any atom is -0.381 e. The molecular weight excluding hydrogens is 350 g/mol. The molecule has 0 spiro atoms. The number of nitrogens with one attached hydrogen (secondary N) is 1. The van der Waals surface area contributed by atoms with Crippen LogP contribution in [0.15, 0.2) is 5.03 Å². The predicted octanol–water partition coefficient (Wildman–Crippen LogP) is 2.19. The molecule has 1 N–H and O–H groups in total. The Balaban J connectivity index is 1.99. The second-order valence-electron chi connectivity index (χ2n) is 7.12. The molecule has 0 amide bonds. The fourth-order valence-corrected chi connectivity index (χ4v) is 4.29. The number of nitrogens with zero attached hydrogens (tertiary/aromatic N) is 2. The summed E-state index contributed by atoms with van der Waals surface area (Å²) < 4.78 is 17.0. The van der Waals surface area contributed by atoms with E-state index >= 15 is 0 Å². The number of nitriles is 1. The molecule has 2 aliphatic rings. The van der Waals surface area contributed by atoms with Crippen LogP contribution in [0.2, 0.25) is 0 Å². The summed E-state index contributed by atoms with van der Waals surface area (Å²) in [5.74, 6) is 1.90. The Kier molecular flexibility index (Phi) is 6.41. The lowest BCUT2D eigenvalue weighted by atomic mass is 9.89. The Morgan fingerprint density at radius 3 is 2.77 bits per heavy atom. The summed E-state index contributed by atoms with van der Waals surface area (Å²) in [5, 5.41) is 10.8. The van der Waals surface area contributed by atoms with Gasteiger partial charge in [-0.25, -0.2) is 4.98 Å². The van der Waals surface area contributed by atoms with E-state index in [-0.39, 0.29) is 5.60 Å². The smallest absolute Gasteiger partial charge is 0.281 e. The normalized spacial score (nSPS) is 19.1. The first-order valence-corrected chi connectivity index (χ1v) is 10.2. The summed E-state index contributed by atoms with van der Waals surface area (Å²) in [6, 6.07) is 2.44. The molecule has 142 valence electrons. The van der Waals surface area contributed by atoms with Gasteiger partial charge in [0.1, 0.15) is 24.7 Å². The lowest BCUT2D eigenvalue weighted by Crippen LogP contribution is -2.43. The summed E-state index contributed by atoms with van der Waals surface area (Å²) in [6.07, 6.45) is 0.746. The summed E-state index contributed by atoms with van der Waals surface area (Å²) in [7, 11) is 0. The van der Waals surface area contributed by atoms with E-state index in [2.05, 4.69) is 29.8 Å². The number of H-pyrrole nitrogens is 1. The van der Waals surface area contributed by atoms with E-state index in [4.69, 9.17) is 14.2 Å². The highest BCUT2D eigenvalue weighted by Crippen LogP contribution is 2.36. The largest absolute Gasteiger partial charge is 0.381 e. The molecule has 1 aromatic rings. The van der Waals surface area contributed by atoms with Crippen LogP contribution >= 0.6 is 11.8 Å². The first kappa shape index (κ1) is 19.4. The van der Waals surface area contributed by atoms with Gasteiger partial charge in [0.2, 0.25) is 0 Å². The van der Waals surface area contributed by atoms with Gasteiger partial charge >= 0.3 is 0 Å². The van der Waals surface area contributed by atoms with Crippen LogP contribution in [0.25, 0.3) is 0 Å². The molecule has 1 fully saturated rings. The monoisotopic (exact) mass is 378 g/mol. The van der Waals surface area contributed by atoms with Crippen molar-refractivity contribution in [2.24, 2.45) is 0 Å². The molecule has 1 saturated heterocycles. The molecule has 3 heterocycles. The average molecular weight is 379 g/mol. The Morgan fingerprint density at radius 2 is 2.08 bits per heavy atom. The van der Waals surface area contributed by atoms with E-state index in [1.165, 1.54) is 0 Å². The van der Waals surface area contributed by atoms with Crippen LogP contribution in [0.3, 0.4) is 0 Å². The van der Waals surface area contributed by atoms with Crippen molar-refractivity contribution in [3.63, 3.8) is 0 Å². The maximum Gasteiger partial charge on any atom is 0.281 e. The third-order valence-electron chi connectivity index (χ3n) is 4.74. The molecular formula is C19H28N3O3S+. The molecule has 0 bridgehead atoms. The SMILES string of the molecule is CCOCCSc1[nH+]c(N2CCOCC2)c2c(c1C#N)CC(C)(C)OC2. The zero-order valence-corrected chi connectivity index (χ0v) is 16.7. The highest BCUT2D eigenvalue weighted by Gasteiger charge is 2.36. The van der Waals surface area contributed by atoms with Gasteiger partial charge in [0, 0.05) is 18.8 Å². The Labute approximate surface area is 159 Å². The van der Waals surface area contributed by atoms with Crippen molar-refractivity contribution in [3.8, 4) is 6.07 Å². The van der Waals surface area contributed by atoms with Gasteiger partial charge < -0.3 is 14.2 Å². The summed E-state index contributed by atoms with van der Waals surface area (Å²) >= 11 is 1.66. The number of hydrogen-bond donors (Lipinski definition) is 0. The van der Waals surface area contributed by atoms with Crippen molar-refractivity contribution in [2.45, 2.75) is 44.4 Å². The third-order valence-corrected chi connectivity index (χ3v) is 5.70. The van der Waals surface area contributed by atoms with Gasteiger partial charge in [0.15, 0.2) is 5.03 Å². The van der Waals surface area contributed by atoms with E-state index in [0.29, 0.717) is 19.8 Å². The first-order chi connectivity index (χ1) is 12.6. The second-order valence-corrected chi connectivity index (χ2v) is 8.22. The summed E-state index contributed by atoms with van der Waals surface area (Å²) in [5.41, 5.74) is 2.75. The molecule has 0 aromatic carbocycles. The molecule has 26 heavy (non-hydrogen) atoms. The standard InChI is InChI=1S/C19H27N3O3S/c1-4-23-9-10-26-18-15(12-20)14-11-19(2,3)25-13-16(14)17(21-18)22-5-7-24-8-6-22/h4-11,13H2,1-3H3/p+1. The zero-order valence-electron chi connectivity index (χ0n) is 15.9. The quantitative estimate of drug-likeness (QED) is 0.558. The summed E-state index contributed by atoms with van der Waals surface area (Å²) in [6.45, 7) is 11.2. The van der Waals surface area contributed by atoms with Crippen molar-refractivity contribution < 1.29 is 19.2 Å². The Hall–Kier alpha value is -1.33. The Morgan fingerprint density at radius 1 is 1.31 bits per heavy atom. The fourth-order valence-electron chi connectivity index (χ4n) is 3.40. The van der Waals surface area contributed by atoms with Gasteiger partial charge in [0.25, 0.3) is 5.82 Å². The average Bonchev–Trinajstić information content (AvgIpc) is 2.64. The Bertz CT molecular complexity index is 682. The van der Waals surface area contributed by atoms with Crippen molar-refractivity contribution in [3.05, 3.63) is 16.7 Å². The van der Waals surface area contributed by atoms with Crippen LogP contribution in [0.1, 0.15) is 37.5 Å². The maximum atomic E-state index is 9.86. The second kappa shape index (κ2) is 8.57. The van der Waals surface area contributed by atoms with Gasteiger partial charge in [0.05, 0.1) is 37.6 Å². The molecule has 0 radical (unpaired) electrons. The molecule has 6 nitrogen and oxygen atoms in total. The van der Waals surface area contributed by atoms with Gasteiger partial charge in [-0.3, -0.25) is 4.90 Å². The van der Waals surface area contributed by atoms with Crippen molar-refractivity contribution in [2.75, 3.05) is 50.2 Å². The highest BCUT2D eigenvalue weighted by atomic mass is 32.2. The number of aromatic nitrogens is 1. The number of anilines is 1. The molecule has 0 unspecified atom stereocenters. The number of ether oxygens (including phenoxy) is 3. The van der Waals surface area contributed by atoms with E-state index in [9.17, 15) is 5.26 Å². The lowest BCUT2D eigenvalue weighted by Gasteiger charge is -2.34. The zero-order chi connectivity index (χ0) is 18.6. The van der Waals surface area contributed by atoms with Crippen LogP contribution in [-0.4, -0.2) is 50.9 Å². The molecule has 1 aromatic heterocycles. The van der Waals surface area contributed by atoms with Crippen molar-refractivity contribution in [1.29, 1.82) is 5.26 Å². The van der Waals surface area contributed by atoms with Crippen molar-refractivity contribution >= 4 is 17.6 Å².